The van der Waals surface area contributed by atoms with Gasteiger partial charge in [-0.25, -0.2) is 0 Å². The Morgan fingerprint density at radius 2 is 1.67 bits per heavy atom. The maximum atomic E-state index is 12.7. The van der Waals surface area contributed by atoms with E-state index >= 15 is 0 Å². The van der Waals surface area contributed by atoms with Crippen LogP contribution in [0.15, 0.2) is 0 Å². The van der Waals surface area contributed by atoms with E-state index in [0.717, 1.165) is 45.3 Å². The number of halogens is 1. The zero-order chi connectivity index (χ0) is 14.2. The first-order valence-electron chi connectivity index (χ1n) is 8.81. The fourth-order valence-electron chi connectivity index (χ4n) is 3.80. The number of hydrogen-bond donors (Lipinski definition) is 1. The zero-order valence-corrected chi connectivity index (χ0v) is 14.4. The Labute approximate surface area is 136 Å². The molecule has 1 N–H and O–H groups in total. The molecule has 3 nitrogen and oxygen atoms in total. The quantitative estimate of drug-likeness (QED) is 0.783. The third-order valence-corrected chi connectivity index (χ3v) is 4.97. The number of piperidine rings is 1. The third-order valence-electron chi connectivity index (χ3n) is 4.97. The van der Waals surface area contributed by atoms with Gasteiger partial charge < -0.3 is 10.2 Å². The summed E-state index contributed by atoms with van der Waals surface area (Å²) in [4.78, 5) is 14.9. The number of rotatable bonds is 5. The summed E-state index contributed by atoms with van der Waals surface area (Å²) in [6.45, 7) is 5.28. The number of hydrogen-bond acceptors (Lipinski definition) is 2. The minimum Gasteiger partial charge on any atom is -0.340 e. The molecule has 2 aliphatic rings. The highest BCUT2D eigenvalue weighted by Crippen LogP contribution is 2.27. The van der Waals surface area contributed by atoms with Gasteiger partial charge in [-0.3, -0.25) is 4.79 Å². The molecule has 2 fully saturated rings. The van der Waals surface area contributed by atoms with Gasteiger partial charge in [0.25, 0.3) is 0 Å². The third kappa shape index (κ3) is 6.15. The second-order valence-corrected chi connectivity index (χ2v) is 6.63. The summed E-state index contributed by atoms with van der Waals surface area (Å²) >= 11 is 0. The van der Waals surface area contributed by atoms with Gasteiger partial charge in [-0.1, -0.05) is 32.6 Å². The van der Waals surface area contributed by atoms with Crippen molar-refractivity contribution in [3.05, 3.63) is 0 Å². The maximum absolute atomic E-state index is 12.7. The van der Waals surface area contributed by atoms with Crippen LogP contribution in [0.1, 0.15) is 71.1 Å². The van der Waals surface area contributed by atoms with E-state index in [9.17, 15) is 4.79 Å². The molecule has 124 valence electrons. The normalized spacial score (nSPS) is 21.4. The van der Waals surface area contributed by atoms with Gasteiger partial charge in [-0.2, -0.15) is 0 Å². The predicted molar refractivity (Wildman–Crippen MR) is 91.0 cm³/mol. The fraction of sp³-hybridized carbons (Fsp3) is 0.941. The number of amides is 1. The van der Waals surface area contributed by atoms with Crippen LogP contribution in [-0.2, 0) is 4.79 Å². The summed E-state index contributed by atoms with van der Waals surface area (Å²) in [5, 5.41) is 3.40. The minimum atomic E-state index is 0. The minimum absolute atomic E-state index is 0. The largest absolute Gasteiger partial charge is 0.340 e. The Bertz CT molecular complexity index is 285. The van der Waals surface area contributed by atoms with Gasteiger partial charge in [-0.05, 0) is 51.1 Å². The van der Waals surface area contributed by atoms with Crippen LogP contribution in [0, 0.1) is 5.92 Å². The molecule has 0 aromatic heterocycles. The lowest BCUT2D eigenvalue weighted by Gasteiger charge is -2.35. The zero-order valence-electron chi connectivity index (χ0n) is 13.6. The molecule has 0 atom stereocenters. The van der Waals surface area contributed by atoms with E-state index in [2.05, 4.69) is 17.1 Å². The highest BCUT2D eigenvalue weighted by atomic mass is 35.5. The topological polar surface area (TPSA) is 32.3 Å². The molecule has 1 aliphatic carbocycles. The van der Waals surface area contributed by atoms with E-state index in [0.29, 0.717) is 17.9 Å². The van der Waals surface area contributed by atoms with Crippen molar-refractivity contribution in [3.63, 3.8) is 0 Å². The van der Waals surface area contributed by atoms with Crippen molar-refractivity contribution in [3.8, 4) is 0 Å². The van der Waals surface area contributed by atoms with Crippen molar-refractivity contribution < 1.29 is 4.79 Å². The van der Waals surface area contributed by atoms with Crippen molar-refractivity contribution in [1.29, 1.82) is 0 Å². The molecule has 1 heterocycles. The molecule has 4 heteroatoms. The van der Waals surface area contributed by atoms with Crippen LogP contribution in [0.25, 0.3) is 0 Å². The van der Waals surface area contributed by atoms with E-state index < -0.39 is 0 Å². The van der Waals surface area contributed by atoms with Gasteiger partial charge in [-0.15, -0.1) is 12.4 Å². The van der Waals surface area contributed by atoms with Crippen molar-refractivity contribution in [1.82, 2.24) is 10.2 Å². The van der Waals surface area contributed by atoms with Crippen molar-refractivity contribution in [2.24, 2.45) is 5.92 Å². The van der Waals surface area contributed by atoms with Gasteiger partial charge in [0.2, 0.25) is 5.91 Å². The molecule has 1 saturated carbocycles. The van der Waals surface area contributed by atoms with Gasteiger partial charge in [0.1, 0.15) is 0 Å². The smallest absolute Gasteiger partial charge is 0.223 e. The van der Waals surface area contributed by atoms with Crippen LogP contribution in [0.2, 0.25) is 0 Å². The molecule has 0 spiro atoms. The Hall–Kier alpha value is -0.280. The predicted octanol–water partition coefficient (Wildman–Crippen LogP) is 3.76. The van der Waals surface area contributed by atoms with E-state index in [1.165, 1.54) is 38.5 Å². The van der Waals surface area contributed by atoms with Crippen LogP contribution < -0.4 is 5.32 Å². The standard InChI is InChI=1S/C17H32N2O.ClH/c1-2-13-19(16-9-11-18-12-10-16)17(20)14-15-7-5-3-4-6-8-15;/h15-16,18H,2-14H2,1H3;1H. The van der Waals surface area contributed by atoms with E-state index in [1.54, 1.807) is 0 Å². The average molecular weight is 317 g/mol. The van der Waals surface area contributed by atoms with Gasteiger partial charge in [0.15, 0.2) is 0 Å². The molecule has 2 rings (SSSR count). The molecule has 0 bridgehead atoms. The van der Waals surface area contributed by atoms with Crippen LogP contribution in [0.5, 0.6) is 0 Å². The molecule has 0 unspecified atom stereocenters. The molecule has 1 aliphatic heterocycles. The maximum Gasteiger partial charge on any atom is 0.223 e. The first-order chi connectivity index (χ1) is 9.81. The molecular formula is C17H33ClN2O. The average Bonchev–Trinajstić information content (AvgIpc) is 2.74. The number of nitrogens with one attached hydrogen (secondary N) is 1. The van der Waals surface area contributed by atoms with E-state index in [4.69, 9.17) is 0 Å². The van der Waals surface area contributed by atoms with Crippen molar-refractivity contribution >= 4 is 18.3 Å². The molecule has 1 amide bonds. The van der Waals surface area contributed by atoms with Gasteiger partial charge in [0.05, 0.1) is 0 Å². The van der Waals surface area contributed by atoms with Crippen LogP contribution in [0.3, 0.4) is 0 Å². The summed E-state index contributed by atoms with van der Waals surface area (Å²) in [5.74, 6) is 1.09. The van der Waals surface area contributed by atoms with Crippen LogP contribution >= 0.6 is 12.4 Å². The van der Waals surface area contributed by atoms with Crippen molar-refractivity contribution in [2.75, 3.05) is 19.6 Å². The molecule has 1 saturated heterocycles. The van der Waals surface area contributed by atoms with E-state index in [-0.39, 0.29) is 12.4 Å². The summed E-state index contributed by atoms with van der Waals surface area (Å²) in [6, 6.07) is 0.495. The lowest BCUT2D eigenvalue weighted by molar-refractivity contribution is -0.135. The SMILES string of the molecule is CCCN(C(=O)CC1CCCCCC1)C1CCNCC1.Cl. The van der Waals surface area contributed by atoms with E-state index in [1.807, 2.05) is 0 Å². The van der Waals surface area contributed by atoms with Crippen molar-refractivity contribution in [2.45, 2.75) is 77.2 Å². The molecule has 21 heavy (non-hydrogen) atoms. The molecular weight excluding hydrogens is 284 g/mol. The van der Waals surface area contributed by atoms with Crippen LogP contribution in [0.4, 0.5) is 0 Å². The highest BCUT2D eigenvalue weighted by Gasteiger charge is 2.26. The summed E-state index contributed by atoms with van der Waals surface area (Å²) in [5.41, 5.74) is 0. The number of carbonyl (C=O) groups excluding carboxylic acids is 1. The summed E-state index contributed by atoms with van der Waals surface area (Å²) < 4.78 is 0. The first kappa shape index (κ1) is 18.8. The van der Waals surface area contributed by atoms with Gasteiger partial charge >= 0.3 is 0 Å². The second-order valence-electron chi connectivity index (χ2n) is 6.63. The van der Waals surface area contributed by atoms with Crippen LogP contribution in [-0.4, -0.2) is 36.5 Å². The molecule has 0 aromatic rings. The lowest BCUT2D eigenvalue weighted by atomic mass is 9.95. The summed E-state index contributed by atoms with van der Waals surface area (Å²) in [7, 11) is 0. The first-order valence-corrected chi connectivity index (χ1v) is 8.81. The summed E-state index contributed by atoms with van der Waals surface area (Å²) in [6.07, 6.45) is 12.1. The monoisotopic (exact) mass is 316 g/mol. The lowest BCUT2D eigenvalue weighted by Crippen LogP contribution is -2.46. The fourth-order valence-corrected chi connectivity index (χ4v) is 3.80. The Morgan fingerprint density at radius 3 is 2.24 bits per heavy atom. The molecule has 0 aromatic carbocycles. The number of nitrogens with zero attached hydrogens (tertiary/aromatic N) is 1. The van der Waals surface area contributed by atoms with Gasteiger partial charge in [0, 0.05) is 19.0 Å². The molecule has 0 radical (unpaired) electrons. The Balaban J connectivity index is 0.00000220. The second kappa shape index (κ2) is 10.4. The Kier molecular flexibility index (Phi) is 9.34. The number of carbonyl (C=O) groups is 1. The Morgan fingerprint density at radius 1 is 1.05 bits per heavy atom. The highest BCUT2D eigenvalue weighted by molar-refractivity contribution is 5.85.